The lowest BCUT2D eigenvalue weighted by molar-refractivity contribution is -0.140. The number of carbonyl (C=O) groups is 2. The van der Waals surface area contributed by atoms with Crippen molar-refractivity contribution in [2.24, 2.45) is 17.3 Å². The molecule has 2 unspecified atom stereocenters. The Morgan fingerprint density at radius 3 is 2.47 bits per heavy atom. The number of carbonyl (C=O) groups excluding carboxylic acids is 1. The molecule has 1 aliphatic carbocycles. The predicted octanol–water partition coefficient (Wildman–Crippen LogP) is 2.94. The highest BCUT2D eigenvalue weighted by atomic mass is 35.5. The van der Waals surface area contributed by atoms with Gasteiger partial charge < -0.3 is 10.4 Å². The third-order valence-electron chi connectivity index (χ3n) is 3.76. The number of rotatable bonds is 3. The largest absolute Gasteiger partial charge is 0.481 e. The fourth-order valence-electron chi connectivity index (χ4n) is 2.53. The van der Waals surface area contributed by atoms with Crippen LogP contribution in [0.4, 0.5) is 5.69 Å². The van der Waals surface area contributed by atoms with Crippen LogP contribution < -0.4 is 5.32 Å². The van der Waals surface area contributed by atoms with Gasteiger partial charge in [0.05, 0.1) is 22.5 Å². The van der Waals surface area contributed by atoms with Crippen LogP contribution in [-0.4, -0.2) is 17.0 Å². The molecule has 1 amide bonds. The molecule has 0 aromatic heterocycles. The number of halogens is 1. The molecule has 1 aromatic carbocycles. The summed E-state index contributed by atoms with van der Waals surface area (Å²) in [6, 6.07) is 5.32. The van der Waals surface area contributed by atoms with Crippen LogP contribution in [0, 0.1) is 24.2 Å². The molecule has 1 aliphatic rings. The highest BCUT2D eigenvalue weighted by Crippen LogP contribution is 2.58. The van der Waals surface area contributed by atoms with Gasteiger partial charge >= 0.3 is 5.97 Å². The first kappa shape index (κ1) is 13.9. The van der Waals surface area contributed by atoms with Crippen LogP contribution in [0.3, 0.4) is 0 Å². The maximum Gasteiger partial charge on any atom is 0.307 e. The summed E-state index contributed by atoms with van der Waals surface area (Å²) in [5.41, 5.74) is 0.995. The van der Waals surface area contributed by atoms with Crippen LogP contribution in [-0.2, 0) is 9.59 Å². The Morgan fingerprint density at radius 1 is 1.32 bits per heavy atom. The molecule has 0 saturated heterocycles. The average Bonchev–Trinajstić information content (AvgIpc) is 2.87. The van der Waals surface area contributed by atoms with Gasteiger partial charge in [0, 0.05) is 0 Å². The van der Waals surface area contributed by atoms with E-state index >= 15 is 0 Å². The summed E-state index contributed by atoms with van der Waals surface area (Å²) < 4.78 is 0. The number of benzene rings is 1. The molecule has 0 aliphatic heterocycles. The number of carboxylic acid groups (broad SMARTS) is 1. The lowest BCUT2D eigenvalue weighted by Gasteiger charge is -2.08. The second-order valence-corrected chi connectivity index (χ2v) is 5.99. The standard InChI is InChI=1S/C14H16ClNO3/c1-7-4-5-8(15)9(6-7)16-12(17)10-11(13(18)19)14(10,2)3/h4-6,10-11H,1-3H3,(H,16,17)(H,18,19). The lowest BCUT2D eigenvalue weighted by Crippen LogP contribution is -2.18. The van der Waals surface area contributed by atoms with Crippen molar-refractivity contribution in [1.82, 2.24) is 0 Å². The van der Waals surface area contributed by atoms with E-state index in [9.17, 15) is 9.59 Å². The number of aliphatic carboxylic acids is 1. The molecular weight excluding hydrogens is 266 g/mol. The van der Waals surface area contributed by atoms with Gasteiger partial charge in [-0.25, -0.2) is 0 Å². The van der Waals surface area contributed by atoms with Gasteiger partial charge in [-0.1, -0.05) is 31.5 Å². The molecule has 1 fully saturated rings. The van der Waals surface area contributed by atoms with Gasteiger partial charge in [0.15, 0.2) is 0 Å². The maximum absolute atomic E-state index is 12.1. The third-order valence-corrected chi connectivity index (χ3v) is 4.09. The minimum absolute atomic E-state index is 0.287. The summed E-state index contributed by atoms with van der Waals surface area (Å²) in [6.45, 7) is 5.47. The fraction of sp³-hybridized carbons (Fsp3) is 0.429. The van der Waals surface area contributed by atoms with Crippen LogP contribution in [0.25, 0.3) is 0 Å². The number of aryl methyl sites for hydroxylation is 1. The van der Waals surface area contributed by atoms with Gasteiger partial charge in [0.25, 0.3) is 0 Å². The average molecular weight is 282 g/mol. The summed E-state index contributed by atoms with van der Waals surface area (Å²) >= 11 is 6.00. The van der Waals surface area contributed by atoms with Crippen molar-refractivity contribution >= 4 is 29.2 Å². The van der Waals surface area contributed by atoms with Crippen LogP contribution in [0.15, 0.2) is 18.2 Å². The molecule has 2 N–H and O–H groups in total. The summed E-state index contributed by atoms with van der Waals surface area (Å²) in [6.07, 6.45) is 0. The monoisotopic (exact) mass is 281 g/mol. The van der Waals surface area contributed by atoms with E-state index < -0.39 is 23.2 Å². The Kier molecular flexibility index (Phi) is 3.31. The zero-order valence-corrected chi connectivity index (χ0v) is 11.8. The number of hydrogen-bond acceptors (Lipinski definition) is 2. The minimum atomic E-state index is -0.930. The lowest BCUT2D eigenvalue weighted by atomic mass is 10.1. The summed E-state index contributed by atoms with van der Waals surface area (Å²) in [5, 5.41) is 12.2. The Bertz CT molecular complexity index is 554. The second kappa shape index (κ2) is 4.53. The minimum Gasteiger partial charge on any atom is -0.481 e. The first-order valence-corrected chi connectivity index (χ1v) is 6.42. The Morgan fingerprint density at radius 2 is 1.95 bits per heavy atom. The SMILES string of the molecule is Cc1ccc(Cl)c(NC(=O)C2C(C(=O)O)C2(C)C)c1. The van der Waals surface area contributed by atoms with Gasteiger partial charge in [0.2, 0.25) is 5.91 Å². The van der Waals surface area contributed by atoms with Crippen LogP contribution in [0.2, 0.25) is 5.02 Å². The van der Waals surface area contributed by atoms with E-state index in [4.69, 9.17) is 16.7 Å². The number of anilines is 1. The predicted molar refractivity (Wildman–Crippen MR) is 73.2 cm³/mol. The van der Waals surface area contributed by atoms with Gasteiger partial charge in [-0.3, -0.25) is 9.59 Å². The smallest absolute Gasteiger partial charge is 0.307 e. The van der Waals surface area contributed by atoms with Crippen LogP contribution >= 0.6 is 11.6 Å². The molecule has 0 bridgehead atoms. The third kappa shape index (κ3) is 2.45. The Balaban J connectivity index is 2.15. The first-order chi connectivity index (χ1) is 8.75. The Hall–Kier alpha value is -1.55. The molecule has 19 heavy (non-hydrogen) atoms. The van der Waals surface area contributed by atoms with Crippen molar-refractivity contribution in [3.05, 3.63) is 28.8 Å². The number of amides is 1. The molecular formula is C14H16ClNO3. The molecule has 5 heteroatoms. The molecule has 0 heterocycles. The van der Waals surface area contributed by atoms with E-state index in [1.54, 1.807) is 26.0 Å². The zero-order chi connectivity index (χ0) is 14.4. The van der Waals surface area contributed by atoms with E-state index in [0.717, 1.165) is 5.56 Å². The maximum atomic E-state index is 12.1. The van der Waals surface area contributed by atoms with Gasteiger partial charge in [-0.2, -0.15) is 0 Å². The quantitative estimate of drug-likeness (QED) is 0.895. The summed E-state index contributed by atoms with van der Waals surface area (Å²) in [7, 11) is 0. The van der Waals surface area contributed by atoms with Crippen molar-refractivity contribution in [2.75, 3.05) is 5.32 Å². The molecule has 102 valence electrons. The van der Waals surface area contributed by atoms with Gasteiger partial charge in [0.1, 0.15) is 0 Å². The summed E-state index contributed by atoms with van der Waals surface area (Å²) in [5.74, 6) is -2.36. The van der Waals surface area contributed by atoms with E-state index in [2.05, 4.69) is 5.32 Å². The first-order valence-electron chi connectivity index (χ1n) is 6.05. The molecule has 1 aromatic rings. The van der Waals surface area contributed by atoms with Crippen molar-refractivity contribution in [2.45, 2.75) is 20.8 Å². The van der Waals surface area contributed by atoms with Crippen LogP contribution in [0.1, 0.15) is 19.4 Å². The van der Waals surface area contributed by atoms with Gasteiger partial charge in [-0.15, -0.1) is 0 Å². The van der Waals surface area contributed by atoms with E-state index in [1.807, 2.05) is 13.0 Å². The molecule has 4 nitrogen and oxygen atoms in total. The molecule has 0 radical (unpaired) electrons. The number of hydrogen-bond donors (Lipinski definition) is 2. The molecule has 2 rings (SSSR count). The fourth-order valence-corrected chi connectivity index (χ4v) is 2.70. The highest BCUT2D eigenvalue weighted by Gasteiger charge is 2.65. The van der Waals surface area contributed by atoms with Crippen molar-refractivity contribution in [3.8, 4) is 0 Å². The normalized spacial score (nSPS) is 23.8. The number of nitrogens with one attached hydrogen (secondary N) is 1. The summed E-state index contributed by atoms with van der Waals surface area (Å²) in [4.78, 5) is 23.2. The highest BCUT2D eigenvalue weighted by molar-refractivity contribution is 6.33. The van der Waals surface area contributed by atoms with E-state index in [1.165, 1.54) is 0 Å². The van der Waals surface area contributed by atoms with Crippen molar-refractivity contribution in [3.63, 3.8) is 0 Å². The number of carboxylic acids is 1. The second-order valence-electron chi connectivity index (χ2n) is 5.59. The molecule has 0 spiro atoms. The zero-order valence-electron chi connectivity index (χ0n) is 11.0. The van der Waals surface area contributed by atoms with Crippen molar-refractivity contribution < 1.29 is 14.7 Å². The topological polar surface area (TPSA) is 66.4 Å². The van der Waals surface area contributed by atoms with Crippen LogP contribution in [0.5, 0.6) is 0 Å². The Labute approximate surface area is 116 Å². The van der Waals surface area contributed by atoms with Gasteiger partial charge in [-0.05, 0) is 30.0 Å². The van der Waals surface area contributed by atoms with Crippen molar-refractivity contribution in [1.29, 1.82) is 0 Å². The molecule has 1 saturated carbocycles. The molecule has 2 atom stereocenters. The van der Waals surface area contributed by atoms with E-state index in [-0.39, 0.29) is 5.91 Å². The van der Waals surface area contributed by atoms with E-state index in [0.29, 0.717) is 10.7 Å².